The van der Waals surface area contributed by atoms with E-state index >= 15 is 0 Å². The van der Waals surface area contributed by atoms with Crippen molar-refractivity contribution in [3.8, 4) is 0 Å². The highest BCUT2D eigenvalue weighted by Gasteiger charge is 2.50. The number of amides is 1. The van der Waals surface area contributed by atoms with Crippen LogP contribution in [0.2, 0.25) is 5.02 Å². The first-order chi connectivity index (χ1) is 12.9. The number of aromatic nitrogens is 1. The number of nitrogens with two attached hydrogens (primary N) is 1. The molecule has 3 fully saturated rings. The van der Waals surface area contributed by atoms with Gasteiger partial charge in [0, 0.05) is 32.5 Å². The van der Waals surface area contributed by atoms with Crippen LogP contribution < -0.4 is 21.9 Å². The Labute approximate surface area is 164 Å². The SMILES string of the molecule is CN1C(=O)C2C(NNC2c2ccncc2Cl)NC1N1CCC(C)(CN)CC1. The molecular weight excluding hydrogens is 366 g/mol. The van der Waals surface area contributed by atoms with Gasteiger partial charge in [-0.05, 0) is 36.4 Å². The second-order valence-electron chi connectivity index (χ2n) is 8.21. The fraction of sp³-hybridized carbons (Fsp3) is 0.667. The van der Waals surface area contributed by atoms with Crippen LogP contribution in [0.15, 0.2) is 18.5 Å². The average molecular weight is 394 g/mol. The van der Waals surface area contributed by atoms with E-state index in [2.05, 4.69) is 33.0 Å². The molecule has 1 aromatic rings. The number of fused-ring (bicyclic) bond motifs is 1. The van der Waals surface area contributed by atoms with E-state index in [0.717, 1.165) is 31.5 Å². The van der Waals surface area contributed by atoms with E-state index in [1.807, 2.05) is 18.0 Å². The van der Waals surface area contributed by atoms with Crippen LogP contribution in [0, 0.1) is 11.3 Å². The number of hydrogen-bond acceptors (Lipinski definition) is 7. The number of nitrogens with zero attached hydrogens (tertiary/aromatic N) is 3. The lowest BCUT2D eigenvalue weighted by molar-refractivity contribution is -0.151. The quantitative estimate of drug-likeness (QED) is 0.583. The predicted octanol–water partition coefficient (Wildman–Crippen LogP) is 0.232. The van der Waals surface area contributed by atoms with Crippen molar-refractivity contribution >= 4 is 17.5 Å². The van der Waals surface area contributed by atoms with E-state index in [9.17, 15) is 4.79 Å². The smallest absolute Gasteiger partial charge is 0.232 e. The summed E-state index contributed by atoms with van der Waals surface area (Å²) in [5, 5.41) is 4.16. The molecule has 0 aliphatic carbocycles. The summed E-state index contributed by atoms with van der Waals surface area (Å²) < 4.78 is 0. The van der Waals surface area contributed by atoms with Gasteiger partial charge in [0.25, 0.3) is 0 Å². The predicted molar refractivity (Wildman–Crippen MR) is 103 cm³/mol. The zero-order valence-corrected chi connectivity index (χ0v) is 16.5. The van der Waals surface area contributed by atoms with Crippen molar-refractivity contribution in [1.82, 2.24) is 31.0 Å². The molecule has 148 valence electrons. The number of pyridine rings is 1. The minimum Gasteiger partial charge on any atom is -0.330 e. The van der Waals surface area contributed by atoms with Crippen molar-refractivity contribution in [3.63, 3.8) is 0 Å². The molecular formula is C18H28ClN7O. The molecule has 0 saturated carbocycles. The molecule has 3 aliphatic heterocycles. The number of carbonyl (C=O) groups is 1. The van der Waals surface area contributed by atoms with Crippen LogP contribution in [0.3, 0.4) is 0 Å². The molecule has 0 radical (unpaired) electrons. The molecule has 0 bridgehead atoms. The fourth-order valence-corrected chi connectivity index (χ4v) is 4.62. The van der Waals surface area contributed by atoms with Crippen LogP contribution in [0.4, 0.5) is 0 Å². The van der Waals surface area contributed by atoms with Crippen molar-refractivity contribution in [2.24, 2.45) is 17.1 Å². The van der Waals surface area contributed by atoms with Crippen LogP contribution >= 0.6 is 11.6 Å². The van der Waals surface area contributed by atoms with Gasteiger partial charge in [-0.25, -0.2) is 10.9 Å². The summed E-state index contributed by atoms with van der Waals surface area (Å²) in [7, 11) is 1.87. The average Bonchev–Trinajstić information content (AvgIpc) is 3.10. The summed E-state index contributed by atoms with van der Waals surface area (Å²) >= 11 is 6.32. The second-order valence-corrected chi connectivity index (χ2v) is 8.61. The lowest BCUT2D eigenvalue weighted by atomic mass is 9.80. The highest BCUT2D eigenvalue weighted by atomic mass is 35.5. The van der Waals surface area contributed by atoms with Crippen molar-refractivity contribution < 1.29 is 4.79 Å². The van der Waals surface area contributed by atoms with Crippen molar-refractivity contribution in [2.45, 2.75) is 38.3 Å². The molecule has 0 aromatic carbocycles. The lowest BCUT2D eigenvalue weighted by Gasteiger charge is -2.49. The minimum atomic E-state index is -0.273. The van der Waals surface area contributed by atoms with Gasteiger partial charge in [0.05, 0.1) is 23.1 Å². The first-order valence-corrected chi connectivity index (χ1v) is 9.89. The van der Waals surface area contributed by atoms with Crippen LogP contribution in [0.25, 0.3) is 0 Å². The number of piperidine rings is 1. The zero-order chi connectivity index (χ0) is 19.2. The highest BCUT2D eigenvalue weighted by molar-refractivity contribution is 6.31. The molecule has 4 heterocycles. The topological polar surface area (TPSA) is 98.5 Å². The van der Waals surface area contributed by atoms with Gasteiger partial charge in [0.1, 0.15) is 6.29 Å². The maximum Gasteiger partial charge on any atom is 0.232 e. The number of likely N-dealkylation sites (tertiary alicyclic amines) is 1. The Morgan fingerprint density at radius 1 is 1.37 bits per heavy atom. The Hall–Kier alpha value is -1.29. The van der Waals surface area contributed by atoms with Crippen LogP contribution in [0.1, 0.15) is 31.4 Å². The first-order valence-electron chi connectivity index (χ1n) is 9.51. The first kappa shape index (κ1) is 19.0. The molecule has 9 heteroatoms. The summed E-state index contributed by atoms with van der Waals surface area (Å²) in [4.78, 5) is 21.4. The van der Waals surface area contributed by atoms with Gasteiger partial charge in [-0.1, -0.05) is 18.5 Å². The van der Waals surface area contributed by atoms with E-state index in [4.69, 9.17) is 17.3 Å². The number of hydrazine groups is 1. The molecule has 27 heavy (non-hydrogen) atoms. The maximum atomic E-state index is 13.2. The number of carbonyl (C=O) groups excluding carboxylic acids is 1. The number of nitrogens with one attached hydrogen (secondary N) is 3. The van der Waals surface area contributed by atoms with Gasteiger partial charge in [0.2, 0.25) is 5.91 Å². The largest absolute Gasteiger partial charge is 0.330 e. The summed E-state index contributed by atoms with van der Waals surface area (Å²) in [6, 6.07) is 1.66. The summed E-state index contributed by atoms with van der Waals surface area (Å²) in [5.74, 6) is -0.170. The molecule has 1 amide bonds. The normalized spacial score (nSPS) is 33.9. The third-order valence-corrected chi connectivity index (χ3v) is 6.74. The Balaban J connectivity index is 1.50. The molecule has 3 aliphatic rings. The van der Waals surface area contributed by atoms with E-state index < -0.39 is 0 Å². The van der Waals surface area contributed by atoms with Gasteiger partial charge >= 0.3 is 0 Å². The third kappa shape index (κ3) is 3.35. The molecule has 5 N–H and O–H groups in total. The Bertz CT molecular complexity index is 709. The number of halogens is 1. The van der Waals surface area contributed by atoms with Crippen LogP contribution in [-0.2, 0) is 4.79 Å². The van der Waals surface area contributed by atoms with Gasteiger partial charge < -0.3 is 10.6 Å². The van der Waals surface area contributed by atoms with Crippen molar-refractivity contribution in [3.05, 3.63) is 29.0 Å². The molecule has 3 saturated heterocycles. The Kier molecular flexibility index (Phi) is 5.13. The second kappa shape index (κ2) is 7.27. The summed E-state index contributed by atoms with van der Waals surface area (Å²) in [6.07, 6.45) is 5.11. The van der Waals surface area contributed by atoms with E-state index in [1.54, 1.807) is 12.4 Å². The third-order valence-electron chi connectivity index (χ3n) is 6.42. The van der Waals surface area contributed by atoms with Gasteiger partial charge in [-0.2, -0.15) is 0 Å². The minimum absolute atomic E-state index is 0.103. The molecule has 1 aromatic heterocycles. The van der Waals surface area contributed by atoms with E-state index in [-0.39, 0.29) is 35.7 Å². The lowest BCUT2D eigenvalue weighted by Crippen LogP contribution is -2.69. The highest BCUT2D eigenvalue weighted by Crippen LogP contribution is 2.37. The number of rotatable bonds is 3. The van der Waals surface area contributed by atoms with E-state index in [0.29, 0.717) is 11.6 Å². The Morgan fingerprint density at radius 2 is 2.11 bits per heavy atom. The van der Waals surface area contributed by atoms with Crippen LogP contribution in [0.5, 0.6) is 0 Å². The summed E-state index contributed by atoms with van der Waals surface area (Å²) in [6.45, 7) is 4.80. The fourth-order valence-electron chi connectivity index (χ4n) is 4.38. The van der Waals surface area contributed by atoms with E-state index in [1.165, 1.54) is 0 Å². The summed E-state index contributed by atoms with van der Waals surface area (Å²) in [5.41, 5.74) is 13.5. The molecule has 4 unspecified atom stereocenters. The zero-order valence-electron chi connectivity index (χ0n) is 15.8. The number of hydrogen-bond donors (Lipinski definition) is 4. The van der Waals surface area contributed by atoms with Gasteiger partial charge in [-0.3, -0.25) is 20.0 Å². The van der Waals surface area contributed by atoms with Crippen molar-refractivity contribution in [1.29, 1.82) is 0 Å². The molecule has 8 nitrogen and oxygen atoms in total. The van der Waals surface area contributed by atoms with Crippen molar-refractivity contribution in [2.75, 3.05) is 26.7 Å². The van der Waals surface area contributed by atoms with Gasteiger partial charge in [-0.15, -0.1) is 0 Å². The molecule has 4 rings (SSSR count). The molecule has 4 atom stereocenters. The molecule has 0 spiro atoms. The van der Waals surface area contributed by atoms with Gasteiger partial charge in [0.15, 0.2) is 0 Å². The maximum absolute atomic E-state index is 13.2. The Morgan fingerprint density at radius 3 is 2.78 bits per heavy atom. The van der Waals surface area contributed by atoms with Crippen LogP contribution in [-0.4, -0.2) is 59.8 Å². The monoisotopic (exact) mass is 393 g/mol. The standard InChI is InChI=1S/C18H28ClN7O/c1-18(10-20)4-7-26(8-5-18)17-22-15-13(16(27)25(17)2)14(23-24-15)11-3-6-21-9-12(11)19/h3,6,9,13-15,17,22-24H,4-5,7-8,10,20H2,1-2H3.